The number of nitrogen functional groups attached to an aromatic ring is 1. The highest BCUT2D eigenvalue weighted by molar-refractivity contribution is 7.91. The highest BCUT2D eigenvalue weighted by atomic mass is 32.2. The molecule has 0 aliphatic heterocycles. The van der Waals surface area contributed by atoms with Gasteiger partial charge in [-0.1, -0.05) is 6.92 Å². The topological polar surface area (TPSA) is 101 Å². The van der Waals surface area contributed by atoms with Crippen molar-refractivity contribution in [3.63, 3.8) is 0 Å². The Kier molecular flexibility index (Phi) is 4.48. The molecular formula is C13H21N3O3S2. The fourth-order valence-corrected chi connectivity index (χ4v) is 4.44. The molecule has 1 aliphatic rings. The first-order valence-electron chi connectivity index (χ1n) is 6.93. The highest BCUT2D eigenvalue weighted by Crippen LogP contribution is 2.40. The summed E-state index contributed by atoms with van der Waals surface area (Å²) < 4.78 is 23.9. The van der Waals surface area contributed by atoms with E-state index in [2.05, 4.69) is 10.6 Å². The first-order valence-corrected chi connectivity index (χ1v) is 9.64. The lowest BCUT2D eigenvalue weighted by atomic mass is 10.2. The van der Waals surface area contributed by atoms with Gasteiger partial charge in [-0.15, -0.1) is 11.3 Å². The van der Waals surface area contributed by atoms with Crippen molar-refractivity contribution in [1.29, 1.82) is 0 Å². The third-order valence-electron chi connectivity index (χ3n) is 3.38. The van der Waals surface area contributed by atoms with Crippen molar-refractivity contribution in [3.8, 4) is 0 Å². The molecule has 1 saturated carbocycles. The molecule has 1 aromatic rings. The van der Waals surface area contributed by atoms with Crippen LogP contribution in [0.3, 0.4) is 0 Å². The second-order valence-electron chi connectivity index (χ2n) is 5.48. The summed E-state index contributed by atoms with van der Waals surface area (Å²) >= 11 is 1.11. The zero-order valence-electron chi connectivity index (χ0n) is 12.4. The number of hydrogen-bond donors (Lipinski definition) is 3. The van der Waals surface area contributed by atoms with Crippen LogP contribution in [0.15, 0.2) is 4.90 Å². The normalized spacial score (nSPS) is 16.5. The second kappa shape index (κ2) is 5.84. The van der Waals surface area contributed by atoms with E-state index in [9.17, 15) is 13.2 Å². The molecule has 1 unspecified atom stereocenters. The highest BCUT2D eigenvalue weighted by Gasteiger charge is 2.30. The number of thiophene rings is 1. The van der Waals surface area contributed by atoms with Gasteiger partial charge in [0.1, 0.15) is 14.8 Å². The van der Waals surface area contributed by atoms with Crippen LogP contribution in [0.2, 0.25) is 0 Å². The lowest BCUT2D eigenvalue weighted by Gasteiger charge is -2.12. The first-order chi connectivity index (χ1) is 9.74. The van der Waals surface area contributed by atoms with Crippen molar-refractivity contribution in [1.82, 2.24) is 5.32 Å². The van der Waals surface area contributed by atoms with E-state index in [1.807, 2.05) is 13.8 Å². The van der Waals surface area contributed by atoms with Gasteiger partial charge in [0.25, 0.3) is 5.91 Å². The van der Waals surface area contributed by atoms with Crippen LogP contribution >= 0.6 is 11.3 Å². The van der Waals surface area contributed by atoms with Crippen LogP contribution in [0.25, 0.3) is 0 Å². The van der Waals surface area contributed by atoms with Crippen LogP contribution in [-0.4, -0.2) is 32.7 Å². The maximum atomic E-state index is 12.2. The zero-order chi connectivity index (χ0) is 15.8. The van der Waals surface area contributed by atoms with Gasteiger partial charge in [-0.05, 0) is 26.2 Å². The molecule has 0 aromatic carbocycles. The largest absolute Gasteiger partial charge is 0.396 e. The first kappa shape index (κ1) is 16.1. The summed E-state index contributed by atoms with van der Waals surface area (Å²) in [5, 5.41) is 6.42. The van der Waals surface area contributed by atoms with Crippen LogP contribution < -0.4 is 16.4 Å². The molecule has 0 radical (unpaired) electrons. The van der Waals surface area contributed by atoms with Crippen molar-refractivity contribution in [2.45, 2.75) is 50.1 Å². The molecule has 6 nitrogen and oxygen atoms in total. The van der Waals surface area contributed by atoms with E-state index in [0.717, 1.165) is 36.9 Å². The van der Waals surface area contributed by atoms with Gasteiger partial charge in [-0.3, -0.25) is 4.79 Å². The molecule has 2 rings (SSSR count). The van der Waals surface area contributed by atoms with Crippen LogP contribution in [0, 0.1) is 0 Å². The monoisotopic (exact) mass is 331 g/mol. The summed E-state index contributed by atoms with van der Waals surface area (Å²) in [5.74, 6) is -0.290. The van der Waals surface area contributed by atoms with E-state index in [0.29, 0.717) is 5.00 Å². The Bertz CT molecular complexity index is 648. The fraction of sp³-hybridized carbons (Fsp3) is 0.615. The Balaban J connectivity index is 2.40. The second-order valence-corrected chi connectivity index (χ2v) is 8.45. The fourth-order valence-electron chi connectivity index (χ4n) is 1.87. The van der Waals surface area contributed by atoms with E-state index in [1.54, 1.807) is 0 Å². The lowest BCUT2D eigenvalue weighted by Crippen LogP contribution is -2.25. The molecule has 0 bridgehead atoms. The molecule has 0 saturated heterocycles. The quantitative estimate of drug-likeness (QED) is 0.738. The number of anilines is 2. The summed E-state index contributed by atoms with van der Waals surface area (Å²) in [4.78, 5) is 12.5. The van der Waals surface area contributed by atoms with Gasteiger partial charge in [0.15, 0.2) is 9.84 Å². The van der Waals surface area contributed by atoms with Crippen molar-refractivity contribution in [2.24, 2.45) is 0 Å². The number of nitrogens with two attached hydrogens (primary N) is 1. The predicted molar refractivity (Wildman–Crippen MR) is 85.7 cm³/mol. The number of amides is 1. The number of sulfone groups is 1. The lowest BCUT2D eigenvalue weighted by molar-refractivity contribution is 0.0956. The van der Waals surface area contributed by atoms with E-state index >= 15 is 0 Å². The van der Waals surface area contributed by atoms with Gasteiger partial charge in [-0.25, -0.2) is 8.42 Å². The van der Waals surface area contributed by atoms with Gasteiger partial charge in [0, 0.05) is 18.3 Å². The van der Waals surface area contributed by atoms with Crippen molar-refractivity contribution >= 4 is 37.8 Å². The summed E-state index contributed by atoms with van der Waals surface area (Å²) in [6.45, 7) is 3.95. The third-order valence-corrected chi connectivity index (χ3v) is 5.81. The Labute approximate surface area is 129 Å². The van der Waals surface area contributed by atoms with Crippen molar-refractivity contribution in [3.05, 3.63) is 4.88 Å². The summed E-state index contributed by atoms with van der Waals surface area (Å²) in [5.41, 5.74) is 5.98. The summed E-state index contributed by atoms with van der Waals surface area (Å²) in [6, 6.07) is 0.301. The minimum atomic E-state index is -3.50. The summed E-state index contributed by atoms with van der Waals surface area (Å²) in [7, 11) is -3.50. The molecule has 1 atom stereocenters. The smallest absolute Gasteiger partial charge is 0.263 e. The number of carbonyl (C=O) groups is 1. The molecule has 118 valence electrons. The SMILES string of the molecule is CCC(C)Nc1sc(C(=O)NC2CC2)c(N)c1S(C)(=O)=O. The standard InChI is InChI=1S/C13H21N3O3S2/c1-4-7(2)15-13-11(21(3,18)19)9(14)10(20-13)12(17)16-8-5-6-8/h7-8,15H,4-6,14H2,1-3H3,(H,16,17). The van der Waals surface area contributed by atoms with Crippen molar-refractivity contribution < 1.29 is 13.2 Å². The van der Waals surface area contributed by atoms with Crippen LogP contribution in [-0.2, 0) is 9.84 Å². The zero-order valence-corrected chi connectivity index (χ0v) is 14.0. The molecule has 4 N–H and O–H groups in total. The van der Waals surface area contributed by atoms with Crippen molar-refractivity contribution in [2.75, 3.05) is 17.3 Å². The Hall–Kier alpha value is -1.28. The third kappa shape index (κ3) is 3.68. The minimum Gasteiger partial charge on any atom is -0.396 e. The number of nitrogens with one attached hydrogen (secondary N) is 2. The van der Waals surface area contributed by atoms with Crippen LogP contribution in [0.1, 0.15) is 42.8 Å². The van der Waals surface area contributed by atoms with Gasteiger partial charge >= 0.3 is 0 Å². The Morgan fingerprint density at radius 2 is 2.10 bits per heavy atom. The molecule has 1 aliphatic carbocycles. The number of rotatable bonds is 6. The van der Waals surface area contributed by atoms with Gasteiger partial charge < -0.3 is 16.4 Å². The van der Waals surface area contributed by atoms with E-state index in [4.69, 9.17) is 5.73 Å². The molecule has 8 heteroatoms. The average molecular weight is 331 g/mol. The molecule has 1 heterocycles. The maximum absolute atomic E-state index is 12.2. The van der Waals surface area contributed by atoms with E-state index in [1.165, 1.54) is 0 Å². The number of carbonyl (C=O) groups excluding carboxylic acids is 1. The number of hydrogen-bond acceptors (Lipinski definition) is 6. The summed E-state index contributed by atoms with van der Waals surface area (Å²) in [6.07, 6.45) is 3.88. The molecular weight excluding hydrogens is 310 g/mol. The Morgan fingerprint density at radius 1 is 1.48 bits per heavy atom. The van der Waals surface area contributed by atoms with Crippen LogP contribution in [0.4, 0.5) is 10.7 Å². The van der Waals surface area contributed by atoms with Gasteiger partial charge in [0.05, 0.1) is 5.69 Å². The van der Waals surface area contributed by atoms with Crippen LogP contribution in [0.5, 0.6) is 0 Å². The molecule has 0 spiro atoms. The molecule has 1 aromatic heterocycles. The molecule has 21 heavy (non-hydrogen) atoms. The van der Waals surface area contributed by atoms with E-state index in [-0.39, 0.29) is 33.5 Å². The minimum absolute atomic E-state index is 0.0359. The predicted octanol–water partition coefficient (Wildman–Crippen LogP) is 1.84. The maximum Gasteiger partial charge on any atom is 0.263 e. The average Bonchev–Trinajstić information content (AvgIpc) is 3.10. The van der Waals surface area contributed by atoms with Gasteiger partial charge in [0.2, 0.25) is 0 Å². The Morgan fingerprint density at radius 3 is 2.57 bits per heavy atom. The van der Waals surface area contributed by atoms with Gasteiger partial charge in [-0.2, -0.15) is 0 Å². The molecule has 1 fully saturated rings. The van der Waals surface area contributed by atoms with E-state index < -0.39 is 9.84 Å². The molecule has 1 amide bonds.